The zero-order chi connectivity index (χ0) is 21.3. The summed E-state index contributed by atoms with van der Waals surface area (Å²) in [7, 11) is 0. The first kappa shape index (κ1) is 20.1. The monoisotopic (exact) mass is 409 g/mol. The van der Waals surface area contributed by atoms with Gasteiger partial charge in [0.1, 0.15) is 17.3 Å². The molecule has 0 amide bonds. The fourth-order valence-corrected chi connectivity index (χ4v) is 4.02. The number of aliphatic carboxylic acids is 1. The number of fused-ring (bicyclic) bond motifs is 1. The molecule has 1 unspecified atom stereocenters. The average molecular weight is 409 g/mol. The minimum Gasteiger partial charge on any atom is -0.493 e. The molecule has 4 rings (SSSR count). The highest BCUT2D eigenvalue weighted by atomic mass is 19.1. The Hall–Kier alpha value is -3.15. The van der Waals surface area contributed by atoms with E-state index in [0.29, 0.717) is 24.5 Å². The molecule has 0 saturated heterocycles. The molecule has 30 heavy (non-hydrogen) atoms. The van der Waals surface area contributed by atoms with Crippen LogP contribution in [0.4, 0.5) is 4.39 Å². The number of carbonyl (C=O) groups is 1. The van der Waals surface area contributed by atoms with Crippen molar-refractivity contribution in [1.29, 1.82) is 0 Å². The van der Waals surface area contributed by atoms with Gasteiger partial charge in [-0.2, -0.15) is 0 Å². The third-order valence-corrected chi connectivity index (χ3v) is 5.64. The van der Waals surface area contributed by atoms with Crippen LogP contribution in [-0.4, -0.2) is 22.7 Å². The molecule has 1 heterocycles. The van der Waals surface area contributed by atoms with Gasteiger partial charge in [-0.15, -0.1) is 0 Å². The maximum absolute atomic E-state index is 13.5. The van der Waals surface area contributed by atoms with E-state index in [2.05, 4.69) is 4.98 Å². The molecule has 1 atom stereocenters. The van der Waals surface area contributed by atoms with Crippen LogP contribution in [-0.2, 0) is 17.6 Å². The first-order chi connectivity index (χ1) is 14.4. The second kappa shape index (κ2) is 8.30. The van der Waals surface area contributed by atoms with E-state index in [0.717, 1.165) is 41.2 Å². The molecule has 2 aromatic carbocycles. The van der Waals surface area contributed by atoms with Gasteiger partial charge in [0, 0.05) is 12.0 Å². The number of carboxylic acid groups (broad SMARTS) is 1. The van der Waals surface area contributed by atoms with Crippen LogP contribution in [0.2, 0.25) is 0 Å². The first-order valence-corrected chi connectivity index (χ1v) is 10.1. The Labute approximate surface area is 174 Å². The number of aromatic nitrogens is 1. The van der Waals surface area contributed by atoms with Crippen LogP contribution in [0.15, 0.2) is 40.8 Å². The Morgan fingerprint density at radius 2 is 2.10 bits per heavy atom. The minimum absolute atomic E-state index is 0.0952. The highest BCUT2D eigenvalue weighted by Gasteiger charge is 2.25. The van der Waals surface area contributed by atoms with Crippen LogP contribution < -0.4 is 4.74 Å². The van der Waals surface area contributed by atoms with E-state index in [9.17, 15) is 9.18 Å². The third kappa shape index (κ3) is 4.22. The number of benzene rings is 2. The lowest BCUT2D eigenvalue weighted by Gasteiger charge is -2.10. The van der Waals surface area contributed by atoms with Crippen LogP contribution >= 0.6 is 0 Å². The van der Waals surface area contributed by atoms with Crippen molar-refractivity contribution in [3.8, 4) is 17.2 Å². The number of hydrogen-bond acceptors (Lipinski definition) is 4. The molecule has 156 valence electrons. The van der Waals surface area contributed by atoms with Gasteiger partial charge in [0.25, 0.3) is 0 Å². The van der Waals surface area contributed by atoms with Crippen molar-refractivity contribution in [3.63, 3.8) is 0 Å². The number of oxazole rings is 1. The van der Waals surface area contributed by atoms with Crippen LogP contribution in [0.1, 0.15) is 46.9 Å². The topological polar surface area (TPSA) is 72.6 Å². The molecule has 0 bridgehead atoms. The van der Waals surface area contributed by atoms with Crippen LogP contribution in [0.3, 0.4) is 0 Å². The molecule has 6 heteroatoms. The van der Waals surface area contributed by atoms with Crippen molar-refractivity contribution in [2.45, 2.75) is 45.4 Å². The number of nitrogens with zero attached hydrogens (tertiary/aromatic N) is 1. The summed E-state index contributed by atoms with van der Waals surface area (Å²) in [4.78, 5) is 15.6. The fourth-order valence-electron chi connectivity index (χ4n) is 4.02. The molecule has 5 nitrogen and oxygen atoms in total. The Balaban J connectivity index is 1.39. The lowest BCUT2D eigenvalue weighted by atomic mass is 9.98. The van der Waals surface area contributed by atoms with Gasteiger partial charge in [-0.25, -0.2) is 9.37 Å². The van der Waals surface area contributed by atoms with Gasteiger partial charge >= 0.3 is 5.97 Å². The van der Waals surface area contributed by atoms with Gasteiger partial charge < -0.3 is 14.3 Å². The van der Waals surface area contributed by atoms with Crippen molar-refractivity contribution in [1.82, 2.24) is 4.98 Å². The molecule has 1 aromatic heterocycles. The summed E-state index contributed by atoms with van der Waals surface area (Å²) in [6.45, 7) is 4.02. The predicted octanol–water partition coefficient (Wildman–Crippen LogP) is 5.22. The Morgan fingerprint density at radius 1 is 1.27 bits per heavy atom. The highest BCUT2D eigenvalue weighted by molar-refractivity contribution is 5.68. The highest BCUT2D eigenvalue weighted by Crippen LogP contribution is 2.37. The number of rotatable bonds is 7. The van der Waals surface area contributed by atoms with Crippen LogP contribution in [0, 0.1) is 19.7 Å². The average Bonchev–Trinajstić information content (AvgIpc) is 3.27. The number of ether oxygens (including phenoxy) is 1. The normalized spacial score (nSPS) is 15.2. The summed E-state index contributed by atoms with van der Waals surface area (Å²) in [6.07, 6.45) is 2.52. The quantitative estimate of drug-likeness (QED) is 0.579. The van der Waals surface area contributed by atoms with Gasteiger partial charge in [0.2, 0.25) is 5.89 Å². The minimum atomic E-state index is -0.758. The zero-order valence-corrected chi connectivity index (χ0v) is 17.1. The van der Waals surface area contributed by atoms with Crippen LogP contribution in [0.25, 0.3) is 11.5 Å². The van der Waals surface area contributed by atoms with E-state index in [4.69, 9.17) is 14.3 Å². The lowest BCUT2D eigenvalue weighted by molar-refractivity contribution is -0.137. The van der Waals surface area contributed by atoms with Crippen molar-refractivity contribution in [2.75, 3.05) is 6.61 Å². The van der Waals surface area contributed by atoms with E-state index in [1.165, 1.54) is 11.6 Å². The van der Waals surface area contributed by atoms with E-state index >= 15 is 0 Å². The molecule has 0 radical (unpaired) electrons. The number of aryl methyl sites for hydroxylation is 3. The SMILES string of the molecule is Cc1cc(-c2nc(CCOc3ccc4c(c3)CCC4CC(=O)O)c(C)o2)ccc1F. The van der Waals surface area contributed by atoms with Gasteiger partial charge in [-0.05, 0) is 79.6 Å². The molecule has 1 N–H and O–H groups in total. The molecular formula is C24H24FNO4. The lowest BCUT2D eigenvalue weighted by Crippen LogP contribution is -2.04. The van der Waals surface area contributed by atoms with Gasteiger partial charge in [0.05, 0.1) is 18.7 Å². The van der Waals surface area contributed by atoms with Crippen molar-refractivity contribution in [3.05, 3.63) is 70.4 Å². The second-order valence-electron chi connectivity index (χ2n) is 7.78. The second-order valence-corrected chi connectivity index (χ2v) is 7.78. The van der Waals surface area contributed by atoms with E-state index < -0.39 is 5.97 Å². The number of carboxylic acids is 1. The Morgan fingerprint density at radius 3 is 2.87 bits per heavy atom. The summed E-state index contributed by atoms with van der Waals surface area (Å²) in [5, 5.41) is 9.05. The summed E-state index contributed by atoms with van der Waals surface area (Å²) in [5.74, 6) is 1.07. The molecule has 1 aliphatic rings. The molecule has 0 saturated carbocycles. The van der Waals surface area contributed by atoms with Gasteiger partial charge in [-0.3, -0.25) is 4.79 Å². The molecular weight excluding hydrogens is 385 g/mol. The van der Waals surface area contributed by atoms with Crippen molar-refractivity contribution < 1.29 is 23.4 Å². The molecule has 0 aliphatic heterocycles. The summed E-state index contributed by atoms with van der Waals surface area (Å²) >= 11 is 0. The van der Waals surface area contributed by atoms with Crippen molar-refractivity contribution in [2.24, 2.45) is 0 Å². The van der Waals surface area contributed by atoms with E-state index in [1.54, 1.807) is 19.1 Å². The largest absolute Gasteiger partial charge is 0.493 e. The van der Waals surface area contributed by atoms with Gasteiger partial charge in [-0.1, -0.05) is 6.07 Å². The van der Waals surface area contributed by atoms with E-state index in [1.807, 2.05) is 25.1 Å². The number of hydrogen-bond donors (Lipinski definition) is 1. The maximum Gasteiger partial charge on any atom is 0.303 e. The summed E-state index contributed by atoms with van der Waals surface area (Å²) < 4.78 is 25.2. The smallest absolute Gasteiger partial charge is 0.303 e. The molecule has 0 spiro atoms. The van der Waals surface area contributed by atoms with Crippen molar-refractivity contribution >= 4 is 5.97 Å². The van der Waals surface area contributed by atoms with E-state index in [-0.39, 0.29) is 18.2 Å². The maximum atomic E-state index is 13.5. The molecule has 1 aliphatic carbocycles. The standard InChI is InChI=1S/C24H24FNO4/c1-14-11-18(5-8-21(14)25)24-26-22(15(2)30-24)9-10-29-19-6-7-20-16(12-19)3-4-17(20)13-23(27)28/h5-8,11-12,17H,3-4,9-10,13H2,1-2H3,(H,27,28). The Bertz CT molecular complexity index is 1090. The third-order valence-electron chi connectivity index (χ3n) is 5.64. The fraction of sp³-hybridized carbons (Fsp3) is 0.333. The first-order valence-electron chi connectivity index (χ1n) is 10.1. The molecule has 3 aromatic rings. The van der Waals surface area contributed by atoms with Gasteiger partial charge in [0.15, 0.2) is 0 Å². The predicted molar refractivity (Wildman–Crippen MR) is 110 cm³/mol. The number of halogens is 1. The van der Waals surface area contributed by atoms with Crippen LogP contribution in [0.5, 0.6) is 5.75 Å². The molecule has 0 fully saturated rings. The Kier molecular flexibility index (Phi) is 5.57. The summed E-state index contributed by atoms with van der Waals surface area (Å²) in [6, 6.07) is 10.7. The summed E-state index contributed by atoms with van der Waals surface area (Å²) in [5.41, 5.74) is 4.41. The zero-order valence-electron chi connectivity index (χ0n) is 17.1.